The summed E-state index contributed by atoms with van der Waals surface area (Å²) in [6, 6.07) is 8.01. The molecule has 0 aliphatic carbocycles. The zero-order chi connectivity index (χ0) is 11.5. The predicted octanol–water partition coefficient (Wildman–Crippen LogP) is 4.41. The van der Waals surface area contributed by atoms with Gasteiger partial charge in [-0.2, -0.15) is 0 Å². The minimum absolute atomic E-state index is 0.221. The first-order valence-electron chi connectivity index (χ1n) is 5.21. The zero-order valence-corrected chi connectivity index (χ0v) is 10.1. The van der Waals surface area contributed by atoms with Gasteiger partial charge < -0.3 is 9.73 Å². The molecular weight excluding hydrogens is 222 g/mol. The summed E-state index contributed by atoms with van der Waals surface area (Å²) < 4.78 is 5.06. The van der Waals surface area contributed by atoms with Gasteiger partial charge in [0.2, 0.25) is 0 Å². The van der Waals surface area contributed by atoms with Crippen LogP contribution in [0.5, 0.6) is 0 Å². The second kappa shape index (κ2) is 4.62. The van der Waals surface area contributed by atoms with E-state index in [2.05, 4.69) is 12.2 Å². The molecule has 0 bridgehead atoms. The number of rotatable bonds is 3. The van der Waals surface area contributed by atoms with Crippen molar-refractivity contribution in [1.82, 2.24) is 0 Å². The molecule has 3 heteroatoms. The van der Waals surface area contributed by atoms with Gasteiger partial charge in [0.05, 0.1) is 18.6 Å². The molecule has 1 atom stereocenters. The number of hydrogen-bond donors (Lipinski definition) is 1. The van der Waals surface area contributed by atoms with Gasteiger partial charge in [-0.25, -0.2) is 0 Å². The van der Waals surface area contributed by atoms with Gasteiger partial charge in [0, 0.05) is 16.3 Å². The van der Waals surface area contributed by atoms with E-state index >= 15 is 0 Å². The summed E-state index contributed by atoms with van der Waals surface area (Å²) in [5.74, 6) is 0. The second-order valence-electron chi connectivity index (χ2n) is 3.88. The van der Waals surface area contributed by atoms with Crippen molar-refractivity contribution in [3.8, 4) is 0 Å². The maximum atomic E-state index is 5.91. The van der Waals surface area contributed by atoms with Crippen molar-refractivity contribution in [2.45, 2.75) is 19.9 Å². The van der Waals surface area contributed by atoms with Crippen molar-refractivity contribution < 1.29 is 4.42 Å². The Balaban J connectivity index is 2.15. The van der Waals surface area contributed by atoms with E-state index in [1.54, 1.807) is 12.5 Å². The van der Waals surface area contributed by atoms with E-state index < -0.39 is 0 Å². The number of hydrogen-bond acceptors (Lipinski definition) is 2. The molecule has 0 radical (unpaired) electrons. The molecule has 1 unspecified atom stereocenters. The van der Waals surface area contributed by atoms with Gasteiger partial charge in [0.1, 0.15) is 0 Å². The SMILES string of the molecule is Cc1cc(Cl)ccc1NC(C)c1ccoc1. The topological polar surface area (TPSA) is 25.2 Å². The quantitative estimate of drug-likeness (QED) is 0.852. The van der Waals surface area contributed by atoms with Gasteiger partial charge in [-0.05, 0) is 43.7 Å². The van der Waals surface area contributed by atoms with Crippen molar-refractivity contribution >= 4 is 17.3 Å². The van der Waals surface area contributed by atoms with Gasteiger partial charge in [-0.3, -0.25) is 0 Å². The third-order valence-corrected chi connectivity index (χ3v) is 2.84. The summed E-state index contributed by atoms with van der Waals surface area (Å²) in [6.07, 6.45) is 3.44. The maximum Gasteiger partial charge on any atom is 0.0955 e. The van der Waals surface area contributed by atoms with Crippen LogP contribution in [0, 0.1) is 6.92 Å². The zero-order valence-electron chi connectivity index (χ0n) is 9.33. The molecule has 0 saturated carbocycles. The molecule has 84 valence electrons. The van der Waals surface area contributed by atoms with E-state index in [0.717, 1.165) is 21.8 Å². The molecule has 0 aliphatic rings. The third kappa shape index (κ3) is 2.39. The molecule has 2 rings (SSSR count). The number of nitrogens with one attached hydrogen (secondary N) is 1. The van der Waals surface area contributed by atoms with Crippen LogP contribution in [0.3, 0.4) is 0 Å². The minimum Gasteiger partial charge on any atom is -0.472 e. The van der Waals surface area contributed by atoms with Crippen LogP contribution in [0.15, 0.2) is 41.2 Å². The molecule has 0 amide bonds. The van der Waals surface area contributed by atoms with Crippen LogP contribution in [0.25, 0.3) is 0 Å². The van der Waals surface area contributed by atoms with E-state index in [9.17, 15) is 0 Å². The number of anilines is 1. The highest BCUT2D eigenvalue weighted by atomic mass is 35.5. The lowest BCUT2D eigenvalue weighted by molar-refractivity contribution is 0.562. The molecule has 1 aromatic carbocycles. The highest BCUT2D eigenvalue weighted by Crippen LogP contribution is 2.24. The molecule has 1 N–H and O–H groups in total. The van der Waals surface area contributed by atoms with E-state index in [-0.39, 0.29) is 6.04 Å². The first kappa shape index (κ1) is 11.1. The first-order chi connectivity index (χ1) is 7.66. The lowest BCUT2D eigenvalue weighted by Gasteiger charge is -2.15. The lowest BCUT2D eigenvalue weighted by Crippen LogP contribution is -2.06. The Hall–Kier alpha value is -1.41. The van der Waals surface area contributed by atoms with Crippen molar-refractivity contribution in [2.24, 2.45) is 0 Å². The second-order valence-corrected chi connectivity index (χ2v) is 4.32. The standard InChI is InChI=1S/C13H14ClNO/c1-9-7-12(14)3-4-13(9)15-10(2)11-5-6-16-8-11/h3-8,10,15H,1-2H3. The fourth-order valence-corrected chi connectivity index (χ4v) is 1.85. The van der Waals surface area contributed by atoms with Crippen molar-refractivity contribution in [3.05, 3.63) is 52.9 Å². The summed E-state index contributed by atoms with van der Waals surface area (Å²) in [4.78, 5) is 0. The van der Waals surface area contributed by atoms with Gasteiger partial charge in [-0.1, -0.05) is 11.6 Å². The normalized spacial score (nSPS) is 12.4. The molecule has 0 saturated heterocycles. The molecule has 2 nitrogen and oxygen atoms in total. The summed E-state index contributed by atoms with van der Waals surface area (Å²) >= 11 is 5.91. The minimum atomic E-state index is 0.221. The van der Waals surface area contributed by atoms with Crippen LogP contribution >= 0.6 is 11.6 Å². The van der Waals surface area contributed by atoms with Crippen LogP contribution < -0.4 is 5.32 Å². The van der Waals surface area contributed by atoms with Gasteiger partial charge in [0.25, 0.3) is 0 Å². The largest absolute Gasteiger partial charge is 0.472 e. The number of aryl methyl sites for hydroxylation is 1. The van der Waals surface area contributed by atoms with Crippen LogP contribution in [-0.4, -0.2) is 0 Å². The van der Waals surface area contributed by atoms with E-state index in [0.29, 0.717) is 0 Å². The fraction of sp³-hybridized carbons (Fsp3) is 0.231. The summed E-state index contributed by atoms with van der Waals surface area (Å²) in [5.41, 5.74) is 3.37. The van der Waals surface area contributed by atoms with Gasteiger partial charge >= 0.3 is 0 Å². The fourth-order valence-electron chi connectivity index (χ4n) is 1.63. The number of halogens is 1. The molecular formula is C13H14ClNO. The predicted molar refractivity (Wildman–Crippen MR) is 66.9 cm³/mol. The Bertz CT molecular complexity index is 465. The van der Waals surface area contributed by atoms with E-state index in [1.807, 2.05) is 31.2 Å². The van der Waals surface area contributed by atoms with Crippen LogP contribution in [0.2, 0.25) is 5.02 Å². The van der Waals surface area contributed by atoms with Crippen molar-refractivity contribution in [1.29, 1.82) is 0 Å². The highest BCUT2D eigenvalue weighted by molar-refractivity contribution is 6.30. The van der Waals surface area contributed by atoms with Crippen LogP contribution in [0.1, 0.15) is 24.1 Å². The number of furan rings is 1. The molecule has 1 aromatic heterocycles. The summed E-state index contributed by atoms with van der Waals surface area (Å²) in [6.45, 7) is 4.13. The van der Waals surface area contributed by atoms with E-state index in [4.69, 9.17) is 16.0 Å². The molecule has 16 heavy (non-hydrogen) atoms. The Morgan fingerprint density at radius 3 is 2.75 bits per heavy atom. The van der Waals surface area contributed by atoms with Crippen molar-refractivity contribution in [3.63, 3.8) is 0 Å². The highest BCUT2D eigenvalue weighted by Gasteiger charge is 2.07. The molecule has 0 fully saturated rings. The third-order valence-electron chi connectivity index (χ3n) is 2.60. The van der Waals surface area contributed by atoms with Crippen LogP contribution in [-0.2, 0) is 0 Å². The van der Waals surface area contributed by atoms with Crippen LogP contribution in [0.4, 0.5) is 5.69 Å². The Morgan fingerprint density at radius 1 is 1.31 bits per heavy atom. The average molecular weight is 236 g/mol. The van der Waals surface area contributed by atoms with Gasteiger partial charge in [0.15, 0.2) is 0 Å². The number of benzene rings is 1. The maximum absolute atomic E-state index is 5.91. The first-order valence-corrected chi connectivity index (χ1v) is 5.59. The Morgan fingerprint density at radius 2 is 2.12 bits per heavy atom. The molecule has 2 aromatic rings. The molecule has 0 aliphatic heterocycles. The molecule has 1 heterocycles. The Labute approximate surface area is 100 Å². The smallest absolute Gasteiger partial charge is 0.0955 e. The lowest BCUT2D eigenvalue weighted by atomic mass is 10.1. The monoisotopic (exact) mass is 235 g/mol. The molecule has 0 spiro atoms. The van der Waals surface area contributed by atoms with Crippen molar-refractivity contribution in [2.75, 3.05) is 5.32 Å². The van der Waals surface area contributed by atoms with E-state index in [1.165, 1.54) is 0 Å². The summed E-state index contributed by atoms with van der Waals surface area (Å²) in [5, 5.41) is 4.18. The Kier molecular flexibility index (Phi) is 3.20. The average Bonchev–Trinajstić information content (AvgIpc) is 2.75. The summed E-state index contributed by atoms with van der Waals surface area (Å²) in [7, 11) is 0. The van der Waals surface area contributed by atoms with Gasteiger partial charge in [-0.15, -0.1) is 0 Å².